The van der Waals surface area contributed by atoms with Crippen molar-refractivity contribution in [3.8, 4) is 11.3 Å². The zero-order valence-corrected chi connectivity index (χ0v) is 18.3. The highest BCUT2D eigenvalue weighted by Crippen LogP contribution is 2.25. The van der Waals surface area contributed by atoms with Gasteiger partial charge in [0.2, 0.25) is 0 Å². The molecular weight excluding hydrogens is 411 g/mol. The lowest BCUT2D eigenvalue weighted by molar-refractivity contribution is 0.0658. The summed E-state index contributed by atoms with van der Waals surface area (Å²) in [6.45, 7) is 4.77. The average Bonchev–Trinajstić information content (AvgIpc) is 3.19. The zero-order valence-electron chi connectivity index (χ0n) is 18.3. The Bertz CT molecular complexity index is 1170. The summed E-state index contributed by atoms with van der Waals surface area (Å²) >= 11 is 0. The molecule has 8 heteroatoms. The first-order valence-corrected chi connectivity index (χ1v) is 11.1. The number of aromatic carboxylic acids is 1. The molecule has 0 bridgehead atoms. The first kappa shape index (κ1) is 21.9. The van der Waals surface area contributed by atoms with Crippen molar-refractivity contribution in [2.24, 2.45) is 0 Å². The van der Waals surface area contributed by atoms with Gasteiger partial charge in [0, 0.05) is 29.9 Å². The highest BCUT2D eigenvalue weighted by atomic mass is 19.1. The SMILES string of the molecule is CCc1cc(C(=O)N2CCCCCCC2C)nc2cc(-c3ccc(C(=O)O)cc3F)nn12. The number of carboxylic acid groups (broad SMARTS) is 1. The van der Waals surface area contributed by atoms with Gasteiger partial charge >= 0.3 is 5.97 Å². The number of fused-ring (bicyclic) bond motifs is 1. The Balaban J connectivity index is 1.73. The average molecular weight is 439 g/mol. The van der Waals surface area contributed by atoms with Gasteiger partial charge in [-0.1, -0.05) is 26.2 Å². The molecule has 3 aromatic rings. The molecule has 0 aliphatic carbocycles. The maximum atomic E-state index is 14.6. The van der Waals surface area contributed by atoms with E-state index in [0.29, 0.717) is 23.5 Å². The van der Waals surface area contributed by atoms with Gasteiger partial charge in [0.25, 0.3) is 5.91 Å². The van der Waals surface area contributed by atoms with Gasteiger partial charge in [-0.2, -0.15) is 5.10 Å². The summed E-state index contributed by atoms with van der Waals surface area (Å²) in [6, 6.07) is 7.28. The third-order valence-corrected chi connectivity index (χ3v) is 6.14. The van der Waals surface area contributed by atoms with E-state index in [0.717, 1.165) is 44.0 Å². The number of hydrogen-bond donors (Lipinski definition) is 1. The lowest BCUT2D eigenvalue weighted by atomic mass is 10.0. The van der Waals surface area contributed by atoms with Crippen LogP contribution in [-0.4, -0.2) is 49.1 Å². The van der Waals surface area contributed by atoms with Crippen LogP contribution < -0.4 is 0 Å². The molecule has 0 radical (unpaired) electrons. The van der Waals surface area contributed by atoms with E-state index in [9.17, 15) is 14.0 Å². The summed E-state index contributed by atoms with van der Waals surface area (Å²) in [4.78, 5) is 30.9. The molecule has 1 unspecified atom stereocenters. The summed E-state index contributed by atoms with van der Waals surface area (Å²) in [5.41, 5.74) is 2.03. The second-order valence-corrected chi connectivity index (χ2v) is 8.34. The van der Waals surface area contributed by atoms with Gasteiger partial charge in [-0.3, -0.25) is 4.79 Å². The van der Waals surface area contributed by atoms with Crippen molar-refractivity contribution in [1.82, 2.24) is 19.5 Å². The van der Waals surface area contributed by atoms with Gasteiger partial charge in [-0.15, -0.1) is 0 Å². The van der Waals surface area contributed by atoms with E-state index >= 15 is 0 Å². The van der Waals surface area contributed by atoms with E-state index in [4.69, 9.17) is 5.11 Å². The first-order valence-electron chi connectivity index (χ1n) is 11.1. The van der Waals surface area contributed by atoms with E-state index in [1.807, 2.05) is 11.8 Å². The van der Waals surface area contributed by atoms with Crippen LogP contribution >= 0.6 is 0 Å². The Hall–Kier alpha value is -3.29. The number of carboxylic acids is 1. The third-order valence-electron chi connectivity index (χ3n) is 6.14. The van der Waals surface area contributed by atoms with Crippen molar-refractivity contribution in [3.05, 3.63) is 53.1 Å². The molecule has 1 saturated heterocycles. The molecule has 1 N–H and O–H groups in total. The summed E-state index contributed by atoms with van der Waals surface area (Å²) < 4.78 is 16.2. The minimum Gasteiger partial charge on any atom is -0.478 e. The van der Waals surface area contributed by atoms with Gasteiger partial charge in [0.15, 0.2) is 5.65 Å². The van der Waals surface area contributed by atoms with Crippen molar-refractivity contribution in [2.45, 2.75) is 58.4 Å². The van der Waals surface area contributed by atoms with Gasteiger partial charge in [0.05, 0.1) is 11.3 Å². The minimum atomic E-state index is -1.19. The van der Waals surface area contributed by atoms with E-state index in [1.165, 1.54) is 18.6 Å². The predicted octanol–water partition coefficient (Wildman–Crippen LogP) is 4.59. The fraction of sp³-hybridized carbons (Fsp3) is 0.417. The maximum absolute atomic E-state index is 14.6. The number of nitrogens with zero attached hydrogens (tertiary/aromatic N) is 4. The van der Waals surface area contributed by atoms with Crippen LogP contribution in [0, 0.1) is 5.82 Å². The maximum Gasteiger partial charge on any atom is 0.335 e. The van der Waals surface area contributed by atoms with Crippen LogP contribution in [-0.2, 0) is 6.42 Å². The van der Waals surface area contributed by atoms with Crippen LogP contribution in [0.2, 0.25) is 0 Å². The number of rotatable bonds is 4. The number of amides is 1. The van der Waals surface area contributed by atoms with E-state index in [1.54, 1.807) is 16.6 Å². The highest BCUT2D eigenvalue weighted by Gasteiger charge is 2.25. The molecule has 2 aromatic heterocycles. The summed E-state index contributed by atoms with van der Waals surface area (Å²) in [7, 11) is 0. The Labute approximate surface area is 185 Å². The monoisotopic (exact) mass is 438 g/mol. The molecular formula is C24H27FN4O3. The van der Waals surface area contributed by atoms with Gasteiger partial charge in [-0.25, -0.2) is 18.7 Å². The van der Waals surface area contributed by atoms with E-state index in [2.05, 4.69) is 17.0 Å². The van der Waals surface area contributed by atoms with Crippen LogP contribution in [0.3, 0.4) is 0 Å². The number of halogens is 1. The summed E-state index contributed by atoms with van der Waals surface area (Å²) in [5, 5.41) is 13.5. The lowest BCUT2D eigenvalue weighted by Crippen LogP contribution is -2.40. The number of carbonyl (C=O) groups excluding carboxylic acids is 1. The van der Waals surface area contributed by atoms with E-state index in [-0.39, 0.29) is 23.1 Å². The molecule has 7 nitrogen and oxygen atoms in total. The molecule has 4 rings (SSSR count). The van der Waals surface area contributed by atoms with Crippen molar-refractivity contribution in [1.29, 1.82) is 0 Å². The summed E-state index contributed by atoms with van der Waals surface area (Å²) in [6.07, 6.45) is 6.05. The number of hydrogen-bond acceptors (Lipinski definition) is 4. The Morgan fingerprint density at radius 3 is 2.66 bits per heavy atom. The van der Waals surface area contributed by atoms with Gasteiger partial charge in [-0.05, 0) is 50.5 Å². The van der Waals surface area contributed by atoms with Crippen molar-refractivity contribution in [2.75, 3.05) is 6.54 Å². The Morgan fingerprint density at radius 1 is 1.16 bits per heavy atom. The normalized spacial score (nSPS) is 17.2. The third kappa shape index (κ3) is 4.22. The number of benzene rings is 1. The Morgan fingerprint density at radius 2 is 1.94 bits per heavy atom. The largest absolute Gasteiger partial charge is 0.478 e. The Kier molecular flexibility index (Phi) is 6.21. The molecule has 1 aliphatic rings. The van der Waals surface area contributed by atoms with Crippen LogP contribution in [0.4, 0.5) is 4.39 Å². The molecule has 32 heavy (non-hydrogen) atoms. The molecule has 3 heterocycles. The second-order valence-electron chi connectivity index (χ2n) is 8.34. The van der Waals surface area contributed by atoms with Crippen LogP contribution in [0.5, 0.6) is 0 Å². The van der Waals surface area contributed by atoms with Gasteiger partial charge < -0.3 is 10.0 Å². The van der Waals surface area contributed by atoms with Crippen LogP contribution in [0.1, 0.15) is 72.5 Å². The standard InChI is InChI=1S/C24H27FN4O3/c1-3-17-13-21(23(30)28-11-7-5-4-6-8-15(28)2)26-22-14-20(27-29(17)22)18-10-9-16(24(31)32)12-19(18)25/h9-10,12-15H,3-8,11H2,1-2H3,(H,31,32). The van der Waals surface area contributed by atoms with Gasteiger partial charge in [0.1, 0.15) is 11.5 Å². The number of likely N-dealkylation sites (tertiary alicyclic amines) is 1. The van der Waals surface area contributed by atoms with Crippen LogP contribution in [0.25, 0.3) is 16.9 Å². The zero-order chi connectivity index (χ0) is 22.8. The molecule has 0 saturated carbocycles. The molecule has 1 amide bonds. The lowest BCUT2D eigenvalue weighted by Gasteiger charge is -2.31. The highest BCUT2D eigenvalue weighted by molar-refractivity contribution is 5.93. The number of aromatic nitrogens is 3. The number of aryl methyl sites for hydroxylation is 1. The molecule has 168 valence electrons. The topological polar surface area (TPSA) is 87.8 Å². The number of carbonyl (C=O) groups is 2. The van der Waals surface area contributed by atoms with E-state index < -0.39 is 11.8 Å². The smallest absolute Gasteiger partial charge is 0.335 e. The second kappa shape index (κ2) is 9.06. The fourth-order valence-corrected chi connectivity index (χ4v) is 4.29. The molecule has 1 aliphatic heterocycles. The first-order chi connectivity index (χ1) is 15.4. The molecule has 1 fully saturated rings. The van der Waals surface area contributed by atoms with Crippen molar-refractivity contribution < 1.29 is 19.1 Å². The van der Waals surface area contributed by atoms with Crippen LogP contribution in [0.15, 0.2) is 30.3 Å². The molecule has 1 aromatic carbocycles. The molecule has 1 atom stereocenters. The van der Waals surface area contributed by atoms with Crippen molar-refractivity contribution >= 4 is 17.5 Å². The fourth-order valence-electron chi connectivity index (χ4n) is 4.29. The summed E-state index contributed by atoms with van der Waals surface area (Å²) in [5.74, 6) is -1.95. The quantitative estimate of drug-likeness (QED) is 0.644. The predicted molar refractivity (Wildman–Crippen MR) is 118 cm³/mol. The molecule has 0 spiro atoms. The minimum absolute atomic E-state index is 0.0867. The van der Waals surface area contributed by atoms with Crippen molar-refractivity contribution in [3.63, 3.8) is 0 Å².